The Kier molecular flexibility index (Phi) is 4.23. The molecule has 2 unspecified atom stereocenters. The molecule has 0 amide bonds. The van der Waals surface area contributed by atoms with Gasteiger partial charge in [0.05, 0.1) is 7.11 Å². The molecule has 2 atom stereocenters. The van der Waals surface area contributed by atoms with E-state index in [0.29, 0.717) is 0 Å². The van der Waals surface area contributed by atoms with Crippen molar-refractivity contribution < 1.29 is 14.3 Å². The van der Waals surface area contributed by atoms with Gasteiger partial charge in [0.15, 0.2) is 0 Å². The van der Waals surface area contributed by atoms with E-state index >= 15 is 0 Å². The number of benzene rings is 1. The monoisotopic (exact) mass is 220 g/mol. The molecule has 3 nitrogen and oxygen atoms in total. The zero-order valence-corrected chi connectivity index (χ0v) is 9.77. The second-order valence-corrected chi connectivity index (χ2v) is 3.81. The first-order chi connectivity index (χ1) is 7.57. The van der Waals surface area contributed by atoms with Crippen LogP contribution in [0.3, 0.4) is 0 Å². The summed E-state index contributed by atoms with van der Waals surface area (Å²) in [5, 5.41) is 0. The first-order valence-electron chi connectivity index (χ1n) is 5.21. The smallest absolute Gasteiger partial charge is 0.316 e. The molecule has 0 radical (unpaired) electrons. The minimum atomic E-state index is -0.715. The van der Waals surface area contributed by atoms with E-state index in [0.717, 1.165) is 5.56 Å². The van der Waals surface area contributed by atoms with E-state index in [2.05, 4.69) is 4.74 Å². The molecular formula is C13H16O3. The van der Waals surface area contributed by atoms with Gasteiger partial charge in [0.2, 0.25) is 0 Å². The third-order valence-corrected chi connectivity index (χ3v) is 2.72. The largest absolute Gasteiger partial charge is 0.468 e. The molecule has 0 aromatic heterocycles. The number of ketones is 1. The Bertz CT molecular complexity index is 370. The number of carbonyl (C=O) groups excluding carboxylic acids is 2. The lowest BCUT2D eigenvalue weighted by molar-refractivity contribution is -0.149. The van der Waals surface area contributed by atoms with Crippen LogP contribution in [-0.2, 0) is 14.3 Å². The third kappa shape index (κ3) is 2.69. The average Bonchev–Trinajstić information content (AvgIpc) is 2.29. The summed E-state index contributed by atoms with van der Waals surface area (Å²) in [5.74, 6) is -1.51. The number of methoxy groups -OCH3 is 1. The molecule has 0 saturated carbocycles. The van der Waals surface area contributed by atoms with Gasteiger partial charge in [0.1, 0.15) is 11.7 Å². The van der Waals surface area contributed by atoms with Gasteiger partial charge in [0.25, 0.3) is 0 Å². The maximum absolute atomic E-state index is 11.5. The van der Waals surface area contributed by atoms with Gasteiger partial charge in [-0.05, 0) is 12.5 Å². The van der Waals surface area contributed by atoms with Gasteiger partial charge in [-0.1, -0.05) is 37.3 Å². The third-order valence-electron chi connectivity index (χ3n) is 2.72. The Labute approximate surface area is 95.4 Å². The molecule has 0 saturated heterocycles. The Morgan fingerprint density at radius 3 is 2.19 bits per heavy atom. The fourth-order valence-corrected chi connectivity index (χ4v) is 1.80. The topological polar surface area (TPSA) is 43.4 Å². The number of ether oxygens (including phenoxy) is 1. The first-order valence-corrected chi connectivity index (χ1v) is 5.21. The quantitative estimate of drug-likeness (QED) is 0.577. The highest BCUT2D eigenvalue weighted by atomic mass is 16.5. The summed E-state index contributed by atoms with van der Waals surface area (Å²) in [5.41, 5.74) is 0.966. The minimum Gasteiger partial charge on any atom is -0.468 e. The number of esters is 1. The van der Waals surface area contributed by atoms with Crippen molar-refractivity contribution in [2.45, 2.75) is 19.8 Å². The SMILES string of the molecule is COC(=O)C(C(C)=O)C(C)c1ccccc1. The van der Waals surface area contributed by atoms with Crippen molar-refractivity contribution in [2.75, 3.05) is 7.11 Å². The minimum absolute atomic E-state index is 0.161. The van der Waals surface area contributed by atoms with Crippen LogP contribution in [0.1, 0.15) is 25.3 Å². The summed E-state index contributed by atoms with van der Waals surface area (Å²) in [6, 6.07) is 9.49. The van der Waals surface area contributed by atoms with E-state index in [1.165, 1.54) is 14.0 Å². The van der Waals surface area contributed by atoms with Crippen molar-refractivity contribution in [3.8, 4) is 0 Å². The van der Waals surface area contributed by atoms with Crippen LogP contribution in [0, 0.1) is 5.92 Å². The van der Waals surface area contributed by atoms with Gasteiger partial charge in [-0.2, -0.15) is 0 Å². The Balaban J connectivity index is 2.96. The molecule has 86 valence electrons. The summed E-state index contributed by atoms with van der Waals surface area (Å²) >= 11 is 0. The summed E-state index contributed by atoms with van der Waals surface area (Å²) in [7, 11) is 1.30. The molecule has 0 aliphatic heterocycles. The van der Waals surface area contributed by atoms with Crippen molar-refractivity contribution in [1.82, 2.24) is 0 Å². The van der Waals surface area contributed by atoms with Crippen molar-refractivity contribution in [2.24, 2.45) is 5.92 Å². The number of carbonyl (C=O) groups is 2. The molecule has 0 fully saturated rings. The standard InChI is InChI=1S/C13H16O3/c1-9(11-7-5-4-6-8-11)12(10(2)14)13(15)16-3/h4-9,12H,1-3H3. The molecule has 1 aromatic carbocycles. The Hall–Kier alpha value is -1.64. The molecule has 0 heterocycles. The normalized spacial score (nSPS) is 13.9. The van der Waals surface area contributed by atoms with Crippen molar-refractivity contribution in [3.05, 3.63) is 35.9 Å². The fraction of sp³-hybridized carbons (Fsp3) is 0.385. The second-order valence-electron chi connectivity index (χ2n) is 3.81. The van der Waals surface area contributed by atoms with Crippen LogP contribution in [-0.4, -0.2) is 18.9 Å². The molecule has 1 aromatic rings. The molecule has 0 aliphatic rings. The zero-order chi connectivity index (χ0) is 12.1. The molecule has 0 spiro atoms. The lowest BCUT2D eigenvalue weighted by Gasteiger charge is -2.19. The van der Waals surface area contributed by atoms with Crippen molar-refractivity contribution in [3.63, 3.8) is 0 Å². The number of Topliss-reactive ketones (excluding diaryl/α,β-unsaturated/α-hetero) is 1. The fourth-order valence-electron chi connectivity index (χ4n) is 1.80. The zero-order valence-electron chi connectivity index (χ0n) is 9.77. The maximum Gasteiger partial charge on any atom is 0.316 e. The van der Waals surface area contributed by atoms with Gasteiger partial charge in [0, 0.05) is 5.92 Å². The molecule has 0 bridgehead atoms. The highest BCUT2D eigenvalue weighted by Gasteiger charge is 2.31. The highest BCUT2D eigenvalue weighted by molar-refractivity contribution is 5.98. The number of hydrogen-bond acceptors (Lipinski definition) is 3. The predicted octanol–water partition coefficient (Wildman–Crippen LogP) is 2.17. The van der Waals surface area contributed by atoms with Gasteiger partial charge in [-0.3, -0.25) is 9.59 Å². The van der Waals surface area contributed by atoms with Gasteiger partial charge in [-0.25, -0.2) is 0 Å². The van der Waals surface area contributed by atoms with E-state index < -0.39 is 11.9 Å². The predicted molar refractivity (Wildman–Crippen MR) is 61.0 cm³/mol. The summed E-state index contributed by atoms with van der Waals surface area (Å²) in [6.07, 6.45) is 0. The first kappa shape index (κ1) is 12.4. The molecule has 0 aliphatic carbocycles. The Morgan fingerprint density at radius 2 is 1.75 bits per heavy atom. The van der Waals surface area contributed by atoms with E-state index in [4.69, 9.17) is 0 Å². The van der Waals surface area contributed by atoms with Crippen LogP contribution in [0.25, 0.3) is 0 Å². The van der Waals surface area contributed by atoms with E-state index in [1.54, 1.807) is 0 Å². The number of hydrogen-bond donors (Lipinski definition) is 0. The van der Waals surface area contributed by atoms with Gasteiger partial charge >= 0.3 is 5.97 Å². The second kappa shape index (κ2) is 5.45. The molecule has 3 heteroatoms. The van der Waals surface area contributed by atoms with E-state index in [9.17, 15) is 9.59 Å². The van der Waals surface area contributed by atoms with Crippen LogP contribution >= 0.6 is 0 Å². The molecule has 16 heavy (non-hydrogen) atoms. The van der Waals surface area contributed by atoms with Crippen LogP contribution in [0.15, 0.2) is 30.3 Å². The Morgan fingerprint density at radius 1 is 1.19 bits per heavy atom. The van der Waals surface area contributed by atoms with Crippen LogP contribution in [0.2, 0.25) is 0 Å². The van der Waals surface area contributed by atoms with Crippen LogP contribution in [0.5, 0.6) is 0 Å². The summed E-state index contributed by atoms with van der Waals surface area (Å²) in [4.78, 5) is 23.0. The maximum atomic E-state index is 11.5. The van der Waals surface area contributed by atoms with Crippen molar-refractivity contribution >= 4 is 11.8 Å². The lowest BCUT2D eigenvalue weighted by atomic mass is 9.85. The van der Waals surface area contributed by atoms with Crippen molar-refractivity contribution in [1.29, 1.82) is 0 Å². The average molecular weight is 220 g/mol. The lowest BCUT2D eigenvalue weighted by Crippen LogP contribution is -2.28. The molecular weight excluding hydrogens is 204 g/mol. The van der Waals surface area contributed by atoms with Crippen LogP contribution < -0.4 is 0 Å². The van der Waals surface area contributed by atoms with E-state index in [-0.39, 0.29) is 11.7 Å². The van der Waals surface area contributed by atoms with Gasteiger partial charge < -0.3 is 4.74 Å². The van der Waals surface area contributed by atoms with Gasteiger partial charge in [-0.15, -0.1) is 0 Å². The summed E-state index contributed by atoms with van der Waals surface area (Å²) < 4.78 is 4.66. The molecule has 0 N–H and O–H groups in total. The summed E-state index contributed by atoms with van der Waals surface area (Å²) in [6.45, 7) is 3.28. The van der Waals surface area contributed by atoms with E-state index in [1.807, 2.05) is 37.3 Å². The number of rotatable bonds is 4. The molecule has 1 rings (SSSR count). The van der Waals surface area contributed by atoms with Crippen LogP contribution in [0.4, 0.5) is 0 Å². The highest BCUT2D eigenvalue weighted by Crippen LogP contribution is 2.25.